The zero-order chi connectivity index (χ0) is 36.1. The fourth-order valence-corrected chi connectivity index (χ4v) is 12.1. The molecule has 4 fully saturated rings. The number of likely N-dealkylation sites (tertiary alicyclic amines) is 1. The van der Waals surface area contributed by atoms with Crippen molar-refractivity contribution < 1.29 is 23.8 Å². The number of aromatic amines is 2. The van der Waals surface area contributed by atoms with E-state index in [0.29, 0.717) is 11.8 Å². The maximum atomic E-state index is 14.2. The van der Waals surface area contributed by atoms with Crippen LogP contribution in [0, 0.1) is 23.7 Å². The van der Waals surface area contributed by atoms with Crippen LogP contribution in [0.1, 0.15) is 73.5 Å². The molecule has 2 N–H and O–H groups in total. The lowest BCUT2D eigenvalue weighted by atomic mass is 9.56. The second-order valence-electron chi connectivity index (χ2n) is 16.3. The number of fused-ring (bicyclic) bond motifs is 9. The van der Waals surface area contributed by atoms with Crippen LogP contribution >= 0.6 is 0 Å². The summed E-state index contributed by atoms with van der Waals surface area (Å²) >= 11 is 0. The summed E-state index contributed by atoms with van der Waals surface area (Å²) in [5.41, 5.74) is 8.48. The predicted octanol–water partition coefficient (Wildman–Crippen LogP) is 6.49. The number of para-hydroxylation sites is 1. The molecule has 6 aliphatic rings. The van der Waals surface area contributed by atoms with E-state index in [2.05, 4.69) is 83.1 Å². The number of likely N-dealkylation sites (N-methyl/N-ethyl adjacent to an activating group) is 1. The van der Waals surface area contributed by atoms with Gasteiger partial charge in [0.05, 0.1) is 27.2 Å². The number of ether oxygens (including phenoxy) is 3. The Morgan fingerprint density at radius 2 is 1.85 bits per heavy atom. The van der Waals surface area contributed by atoms with Gasteiger partial charge in [0.1, 0.15) is 11.2 Å². The van der Waals surface area contributed by atoms with Crippen molar-refractivity contribution in [2.24, 2.45) is 23.7 Å². The highest BCUT2D eigenvalue weighted by molar-refractivity contribution is 5.93. The van der Waals surface area contributed by atoms with E-state index in [9.17, 15) is 9.59 Å². The summed E-state index contributed by atoms with van der Waals surface area (Å²) < 4.78 is 17.6. The number of esters is 2. The van der Waals surface area contributed by atoms with E-state index in [4.69, 9.17) is 14.2 Å². The molecule has 2 aromatic heterocycles. The largest absolute Gasteiger partial charge is 0.496 e. The minimum absolute atomic E-state index is 0.00122. The second kappa shape index (κ2) is 12.5. The van der Waals surface area contributed by atoms with Gasteiger partial charge in [0, 0.05) is 76.4 Å². The van der Waals surface area contributed by atoms with Crippen molar-refractivity contribution in [3.63, 3.8) is 0 Å². The van der Waals surface area contributed by atoms with Crippen molar-refractivity contribution in [3.8, 4) is 5.75 Å². The summed E-state index contributed by atoms with van der Waals surface area (Å²) in [6, 6.07) is 13.2. The molecule has 2 aromatic carbocycles. The number of aromatic nitrogens is 2. The van der Waals surface area contributed by atoms with Crippen molar-refractivity contribution in [2.75, 3.05) is 48.0 Å². The van der Waals surface area contributed by atoms with Gasteiger partial charge in [0.15, 0.2) is 0 Å². The number of benzene rings is 2. The molecule has 9 atom stereocenters. The van der Waals surface area contributed by atoms with Gasteiger partial charge in [-0.15, -0.1) is 0 Å². The number of hydrogen-bond acceptors (Lipinski definition) is 7. The smallest absolute Gasteiger partial charge is 0.319 e. The molecule has 0 spiro atoms. The van der Waals surface area contributed by atoms with Crippen LogP contribution in [0.2, 0.25) is 0 Å². The van der Waals surface area contributed by atoms with Gasteiger partial charge in [-0.1, -0.05) is 43.2 Å². The average molecular weight is 705 g/mol. The maximum Gasteiger partial charge on any atom is 0.319 e. The Bertz CT molecular complexity index is 2110. The zero-order valence-electron chi connectivity index (χ0n) is 31.4. The summed E-state index contributed by atoms with van der Waals surface area (Å²) in [7, 11) is 6.99. The second-order valence-corrected chi connectivity index (χ2v) is 16.3. The molecule has 6 heterocycles. The third-order valence-electron chi connectivity index (χ3n) is 14.1. The number of nitrogens with one attached hydrogen (secondary N) is 2. The van der Waals surface area contributed by atoms with Crippen molar-refractivity contribution in [1.82, 2.24) is 19.8 Å². The van der Waals surface area contributed by atoms with Gasteiger partial charge in [0.2, 0.25) is 0 Å². The van der Waals surface area contributed by atoms with E-state index in [1.807, 2.05) is 0 Å². The van der Waals surface area contributed by atoms with Crippen LogP contribution < -0.4 is 4.74 Å². The summed E-state index contributed by atoms with van der Waals surface area (Å²) in [6.45, 7) is 7.17. The number of carbonyl (C=O) groups excluding carboxylic acids is 2. The molecular formula is C43H52N4O5. The van der Waals surface area contributed by atoms with E-state index in [0.717, 1.165) is 85.2 Å². The van der Waals surface area contributed by atoms with Crippen LogP contribution in [0.3, 0.4) is 0 Å². The van der Waals surface area contributed by atoms with Crippen molar-refractivity contribution in [3.05, 3.63) is 76.1 Å². The monoisotopic (exact) mass is 704 g/mol. The lowest BCUT2D eigenvalue weighted by Crippen LogP contribution is -2.67. The first-order valence-corrected chi connectivity index (χ1v) is 19.3. The molecule has 0 radical (unpaired) electrons. The molecule has 6 bridgehead atoms. The Balaban J connectivity index is 1.27. The quantitative estimate of drug-likeness (QED) is 0.181. The van der Waals surface area contributed by atoms with Crippen LogP contribution in [0.4, 0.5) is 0 Å². The molecule has 2 unspecified atom stereocenters. The number of H-pyrrole nitrogens is 2. The van der Waals surface area contributed by atoms with Gasteiger partial charge in [-0.25, -0.2) is 0 Å². The zero-order valence-corrected chi connectivity index (χ0v) is 31.4. The van der Waals surface area contributed by atoms with Crippen molar-refractivity contribution >= 4 is 33.7 Å². The third kappa shape index (κ3) is 4.67. The predicted molar refractivity (Wildman–Crippen MR) is 202 cm³/mol. The highest BCUT2D eigenvalue weighted by atomic mass is 16.5. The first-order valence-electron chi connectivity index (χ1n) is 19.3. The molecule has 2 aliphatic carbocycles. The van der Waals surface area contributed by atoms with Gasteiger partial charge < -0.3 is 24.2 Å². The van der Waals surface area contributed by atoms with Gasteiger partial charge in [-0.2, -0.15) is 0 Å². The van der Waals surface area contributed by atoms with Gasteiger partial charge in [-0.05, 0) is 93.2 Å². The lowest BCUT2D eigenvalue weighted by Gasteiger charge is -2.57. The molecule has 4 aromatic rings. The van der Waals surface area contributed by atoms with E-state index >= 15 is 0 Å². The highest BCUT2D eigenvalue weighted by Gasteiger charge is 2.62. The normalized spacial score (nSPS) is 33.2. The number of hydrogen-bond donors (Lipinski definition) is 2. The Labute approximate surface area is 306 Å². The molecule has 274 valence electrons. The van der Waals surface area contributed by atoms with Crippen LogP contribution in [0.15, 0.2) is 48.0 Å². The van der Waals surface area contributed by atoms with E-state index < -0.39 is 5.41 Å². The molecule has 3 saturated heterocycles. The highest BCUT2D eigenvalue weighted by Crippen LogP contribution is 2.56. The summed E-state index contributed by atoms with van der Waals surface area (Å²) in [5, 5.41) is 2.32. The number of carbonyl (C=O) groups is 2. The number of rotatable bonds is 5. The minimum atomic E-state index is -0.725. The minimum Gasteiger partial charge on any atom is -0.496 e. The van der Waals surface area contributed by atoms with Crippen LogP contribution in [0.5, 0.6) is 5.75 Å². The topological polar surface area (TPSA) is 99.9 Å². The molecule has 1 saturated carbocycles. The first-order chi connectivity index (χ1) is 25.3. The first kappa shape index (κ1) is 33.7. The van der Waals surface area contributed by atoms with Gasteiger partial charge >= 0.3 is 11.9 Å². The maximum absolute atomic E-state index is 14.2. The summed E-state index contributed by atoms with van der Waals surface area (Å²) in [4.78, 5) is 40.8. The van der Waals surface area contributed by atoms with Crippen molar-refractivity contribution in [2.45, 2.75) is 75.8 Å². The number of allylic oxidation sites excluding steroid dienone is 1. The number of nitrogens with zero attached hydrogens (tertiary/aromatic N) is 2. The SMILES string of the molecule is CC=C1CN(C)[C@@H]2Cc3c([nH]c4ccccc34)[C@@H](c3cc4[nH]c5c(c4cc3OC)CCN3C[C@H]4C[C@H](CC)[C@H]3[C@@]5(C(=O)OC)C4)C[C@@H]1C2C(=O)OC. The van der Waals surface area contributed by atoms with Crippen LogP contribution in [-0.2, 0) is 37.3 Å². The molecule has 9 heteroatoms. The number of piperidine rings is 3. The number of methoxy groups -OCH3 is 3. The van der Waals surface area contributed by atoms with E-state index in [1.54, 1.807) is 14.2 Å². The van der Waals surface area contributed by atoms with Gasteiger partial charge in [-0.3, -0.25) is 19.4 Å². The van der Waals surface area contributed by atoms with Crippen LogP contribution in [-0.4, -0.2) is 91.8 Å². The standard InChI is InChI=1S/C43H52N4O5/c1-7-24-15-23-20-43(42(49)52-6)39-27(13-14-47(21-23)40(24)43)29-19-36(50-4)30(17-34(29)45-39)31-16-28-25(8-2)22-46(3)35(37(28)41(48)51-5)18-32-26-11-9-10-12-33(26)44-38(31)32/h8-12,17,19,23-24,28,31,35,37,40,44-45H,7,13-16,18,20-22H2,1-6H3/t23-,24-,28-,31+,35+,37?,40-,43+/m0/s1. The average Bonchev–Trinajstić information content (AvgIpc) is 3.69. The van der Waals surface area contributed by atoms with Crippen LogP contribution in [0.25, 0.3) is 21.8 Å². The molecular weight excluding hydrogens is 652 g/mol. The Hall–Kier alpha value is -4.08. The van der Waals surface area contributed by atoms with Gasteiger partial charge in [0.25, 0.3) is 0 Å². The lowest BCUT2D eigenvalue weighted by molar-refractivity contribution is -0.162. The Morgan fingerprint density at radius 1 is 1.02 bits per heavy atom. The third-order valence-corrected chi connectivity index (χ3v) is 14.1. The molecule has 10 rings (SSSR count). The molecule has 9 nitrogen and oxygen atoms in total. The Morgan fingerprint density at radius 3 is 2.60 bits per heavy atom. The Kier molecular flexibility index (Phi) is 8.12. The fraction of sp³-hybridized carbons (Fsp3) is 0.535. The molecule has 4 aliphatic heterocycles. The van der Waals surface area contributed by atoms with E-state index in [1.165, 1.54) is 41.3 Å². The molecule has 52 heavy (non-hydrogen) atoms. The fourth-order valence-electron chi connectivity index (χ4n) is 12.1. The van der Waals surface area contributed by atoms with Crippen molar-refractivity contribution in [1.29, 1.82) is 0 Å². The summed E-state index contributed by atoms with van der Waals surface area (Å²) in [5.74, 6) is 1.11. The van der Waals surface area contributed by atoms with E-state index in [-0.39, 0.29) is 41.8 Å². The summed E-state index contributed by atoms with van der Waals surface area (Å²) in [6.07, 6.45) is 7.59. The molecule has 0 amide bonds.